The lowest BCUT2D eigenvalue weighted by Gasteiger charge is -2.35. The summed E-state index contributed by atoms with van der Waals surface area (Å²) >= 11 is 0. The number of hydrogen-bond acceptors (Lipinski definition) is 2. The lowest BCUT2D eigenvalue weighted by molar-refractivity contribution is 0.304. The molecule has 24 heavy (non-hydrogen) atoms. The zero-order valence-corrected chi connectivity index (χ0v) is 13.7. The molecule has 2 aliphatic rings. The molecule has 0 amide bonds. The second-order valence-corrected chi connectivity index (χ2v) is 6.71. The highest BCUT2D eigenvalue weighted by molar-refractivity contribution is 5.68. The number of fused-ring (bicyclic) bond motifs is 2. The monoisotopic (exact) mass is 323 g/mol. The van der Waals surface area contributed by atoms with Crippen LogP contribution in [-0.2, 0) is 6.61 Å². The maximum atomic E-state index is 14.6. The number of ether oxygens (including phenoxy) is 1. The minimum atomic E-state index is -0.188. The van der Waals surface area contributed by atoms with Gasteiger partial charge >= 0.3 is 0 Å². The molecule has 2 heterocycles. The van der Waals surface area contributed by atoms with Crippen molar-refractivity contribution in [1.29, 1.82) is 0 Å². The van der Waals surface area contributed by atoms with Crippen LogP contribution in [0.5, 0.6) is 5.75 Å². The molecule has 2 unspecified atom stereocenters. The molecular formula is C21H22FNO. The lowest BCUT2D eigenvalue weighted by atomic mass is 9.85. The van der Waals surface area contributed by atoms with E-state index in [9.17, 15) is 4.39 Å². The van der Waals surface area contributed by atoms with Crippen LogP contribution in [0.15, 0.2) is 54.6 Å². The minimum absolute atomic E-state index is 0.188. The standard InChI is InChI=1S/C21H22FNO/c22-21-13-19(24-14-15-5-2-1-3-6-15)9-10-20(21)16-11-17-7-4-8-18(12-16)23-17/h1-3,5-6,9-11,13,17-18,23H,4,7-8,12,14H2. The molecule has 1 fully saturated rings. The predicted molar refractivity (Wildman–Crippen MR) is 94.3 cm³/mol. The van der Waals surface area contributed by atoms with Gasteiger partial charge in [0.05, 0.1) is 0 Å². The van der Waals surface area contributed by atoms with Gasteiger partial charge in [0.15, 0.2) is 0 Å². The van der Waals surface area contributed by atoms with Gasteiger partial charge in [-0.25, -0.2) is 4.39 Å². The topological polar surface area (TPSA) is 21.3 Å². The molecule has 0 radical (unpaired) electrons. The van der Waals surface area contributed by atoms with Crippen LogP contribution >= 0.6 is 0 Å². The van der Waals surface area contributed by atoms with E-state index in [0.717, 1.165) is 29.5 Å². The molecular weight excluding hydrogens is 301 g/mol. The first kappa shape index (κ1) is 15.4. The Balaban J connectivity index is 1.49. The van der Waals surface area contributed by atoms with Crippen LogP contribution in [0.2, 0.25) is 0 Å². The number of nitrogens with one attached hydrogen (secondary N) is 1. The Hall–Kier alpha value is -2.13. The van der Waals surface area contributed by atoms with Crippen molar-refractivity contribution in [2.75, 3.05) is 0 Å². The third-order valence-corrected chi connectivity index (χ3v) is 4.92. The first-order valence-electron chi connectivity index (χ1n) is 8.71. The van der Waals surface area contributed by atoms with Crippen LogP contribution in [0.1, 0.15) is 36.8 Å². The summed E-state index contributed by atoms with van der Waals surface area (Å²) in [4.78, 5) is 0. The summed E-state index contributed by atoms with van der Waals surface area (Å²) in [6.45, 7) is 0.455. The van der Waals surface area contributed by atoms with Gasteiger partial charge in [-0.3, -0.25) is 0 Å². The van der Waals surface area contributed by atoms with Crippen molar-refractivity contribution in [3.63, 3.8) is 0 Å². The van der Waals surface area contributed by atoms with Crippen LogP contribution in [0.4, 0.5) is 4.39 Å². The molecule has 0 saturated carbocycles. The number of halogens is 1. The van der Waals surface area contributed by atoms with E-state index < -0.39 is 0 Å². The third-order valence-electron chi connectivity index (χ3n) is 4.92. The zero-order chi connectivity index (χ0) is 16.4. The number of piperidine rings is 1. The largest absolute Gasteiger partial charge is 0.489 e. The van der Waals surface area contributed by atoms with E-state index in [1.54, 1.807) is 0 Å². The van der Waals surface area contributed by atoms with Gasteiger partial charge in [0.2, 0.25) is 0 Å². The summed E-state index contributed by atoms with van der Waals surface area (Å²) in [6.07, 6.45) is 6.73. The summed E-state index contributed by atoms with van der Waals surface area (Å²) in [6, 6.07) is 16.1. The average Bonchev–Trinajstić information content (AvgIpc) is 2.60. The van der Waals surface area contributed by atoms with Crippen molar-refractivity contribution >= 4 is 5.57 Å². The van der Waals surface area contributed by atoms with Crippen molar-refractivity contribution < 1.29 is 9.13 Å². The Labute approximate surface area is 142 Å². The number of rotatable bonds is 4. The zero-order valence-electron chi connectivity index (χ0n) is 13.7. The molecule has 3 heteroatoms. The Bertz CT molecular complexity index is 741. The van der Waals surface area contributed by atoms with Gasteiger partial charge in [0.25, 0.3) is 0 Å². The first-order chi connectivity index (χ1) is 11.8. The van der Waals surface area contributed by atoms with E-state index in [-0.39, 0.29) is 5.82 Å². The second kappa shape index (κ2) is 6.78. The van der Waals surface area contributed by atoms with E-state index in [4.69, 9.17) is 4.74 Å². The highest BCUT2D eigenvalue weighted by atomic mass is 19.1. The van der Waals surface area contributed by atoms with Gasteiger partial charge in [0.1, 0.15) is 18.2 Å². The van der Waals surface area contributed by atoms with E-state index in [1.165, 1.54) is 18.9 Å². The third kappa shape index (κ3) is 3.36. The van der Waals surface area contributed by atoms with Gasteiger partial charge in [0, 0.05) is 23.7 Å². The second-order valence-electron chi connectivity index (χ2n) is 6.71. The van der Waals surface area contributed by atoms with Crippen LogP contribution in [-0.4, -0.2) is 12.1 Å². The molecule has 2 aliphatic heterocycles. The average molecular weight is 323 g/mol. The maximum Gasteiger partial charge on any atom is 0.134 e. The Morgan fingerprint density at radius 1 is 1.08 bits per heavy atom. The molecule has 124 valence electrons. The van der Waals surface area contributed by atoms with Gasteiger partial charge in [-0.15, -0.1) is 0 Å². The molecule has 2 aromatic rings. The summed E-state index contributed by atoms with van der Waals surface area (Å²) in [5.41, 5.74) is 2.94. The number of benzene rings is 2. The van der Waals surface area contributed by atoms with Crippen LogP contribution < -0.4 is 10.1 Å². The number of hydrogen-bond donors (Lipinski definition) is 1. The highest BCUT2D eigenvalue weighted by Gasteiger charge is 2.26. The van der Waals surface area contributed by atoms with Gasteiger partial charge in [-0.2, -0.15) is 0 Å². The van der Waals surface area contributed by atoms with Crippen molar-refractivity contribution in [1.82, 2.24) is 5.32 Å². The van der Waals surface area contributed by atoms with E-state index in [2.05, 4.69) is 11.4 Å². The van der Waals surface area contributed by atoms with Gasteiger partial charge in [-0.1, -0.05) is 42.8 Å². The molecule has 0 aliphatic carbocycles. The molecule has 1 saturated heterocycles. The normalized spacial score (nSPS) is 22.8. The molecule has 2 atom stereocenters. The van der Waals surface area contributed by atoms with Gasteiger partial charge in [-0.05, 0) is 42.5 Å². The van der Waals surface area contributed by atoms with Crippen molar-refractivity contribution in [3.8, 4) is 5.75 Å². The molecule has 0 aromatic heterocycles. The van der Waals surface area contributed by atoms with Crippen LogP contribution in [0, 0.1) is 5.82 Å². The maximum absolute atomic E-state index is 14.6. The van der Waals surface area contributed by atoms with E-state index in [1.807, 2.05) is 42.5 Å². The SMILES string of the molecule is Fc1cc(OCc2ccccc2)ccc1C1=CC2CCCC(C1)N2. The molecule has 2 nitrogen and oxygen atoms in total. The van der Waals surface area contributed by atoms with Gasteiger partial charge < -0.3 is 10.1 Å². The molecule has 1 N–H and O–H groups in total. The fraction of sp³-hybridized carbons (Fsp3) is 0.333. The van der Waals surface area contributed by atoms with Crippen molar-refractivity contribution in [3.05, 3.63) is 71.6 Å². The predicted octanol–water partition coefficient (Wildman–Crippen LogP) is 4.70. The fourth-order valence-electron chi connectivity index (χ4n) is 3.71. The van der Waals surface area contributed by atoms with Crippen molar-refractivity contribution in [2.45, 2.75) is 44.4 Å². The quantitative estimate of drug-likeness (QED) is 0.880. The minimum Gasteiger partial charge on any atom is -0.489 e. The van der Waals surface area contributed by atoms with Crippen LogP contribution in [0.3, 0.4) is 0 Å². The summed E-state index contributed by atoms with van der Waals surface area (Å²) in [7, 11) is 0. The van der Waals surface area contributed by atoms with Crippen LogP contribution in [0.25, 0.3) is 5.57 Å². The van der Waals surface area contributed by atoms with Crippen molar-refractivity contribution in [2.24, 2.45) is 0 Å². The Morgan fingerprint density at radius 3 is 2.75 bits per heavy atom. The molecule has 4 rings (SSSR count). The molecule has 0 spiro atoms. The summed E-state index contributed by atoms with van der Waals surface area (Å²) in [5.74, 6) is 0.390. The summed E-state index contributed by atoms with van der Waals surface area (Å²) in [5, 5.41) is 3.60. The summed E-state index contributed by atoms with van der Waals surface area (Å²) < 4.78 is 20.3. The van der Waals surface area contributed by atoms with E-state index in [0.29, 0.717) is 24.4 Å². The highest BCUT2D eigenvalue weighted by Crippen LogP contribution is 2.33. The fourth-order valence-corrected chi connectivity index (χ4v) is 3.71. The Kier molecular flexibility index (Phi) is 4.35. The smallest absolute Gasteiger partial charge is 0.134 e. The van der Waals surface area contributed by atoms with E-state index >= 15 is 0 Å². The first-order valence-corrected chi connectivity index (χ1v) is 8.71. The Morgan fingerprint density at radius 2 is 1.96 bits per heavy atom. The molecule has 2 aromatic carbocycles. The molecule has 2 bridgehead atoms. The lowest BCUT2D eigenvalue weighted by Crippen LogP contribution is -2.44.